The second-order valence-corrected chi connectivity index (χ2v) is 4.66. The van der Waals surface area contributed by atoms with E-state index in [4.69, 9.17) is 0 Å². The number of hydrogen-bond donors (Lipinski definition) is 1. The number of carbonyl (C=O) groups excluding carboxylic acids is 1. The highest BCUT2D eigenvalue weighted by molar-refractivity contribution is 5.96. The Morgan fingerprint density at radius 2 is 1.65 bits per heavy atom. The number of nitrogens with zero attached hydrogens (tertiary/aromatic N) is 1. The molecule has 0 atom stereocenters. The molecule has 0 aliphatic rings. The largest absolute Gasteiger partial charge is 0.322 e. The maximum atomic E-state index is 12.0. The van der Waals surface area contributed by atoms with Gasteiger partial charge in [0.25, 0.3) is 11.6 Å². The topological polar surface area (TPSA) is 72.2 Å². The molecule has 1 rings (SSSR count). The Labute approximate surface area is 159 Å². The van der Waals surface area contributed by atoms with E-state index in [0.717, 1.165) is 0 Å². The number of nitro benzene ring substituents is 1. The average molecular weight is 365 g/mol. The fourth-order valence-electron chi connectivity index (χ4n) is 1.54. The van der Waals surface area contributed by atoms with Gasteiger partial charge in [0.2, 0.25) is 0 Å². The van der Waals surface area contributed by atoms with Crippen LogP contribution in [0.2, 0.25) is 0 Å². The molecule has 0 spiro atoms. The van der Waals surface area contributed by atoms with Crippen molar-refractivity contribution in [3.63, 3.8) is 0 Å². The first-order chi connectivity index (χ1) is 12.4. The smallest absolute Gasteiger partial charge is 0.273 e. The van der Waals surface area contributed by atoms with Crippen molar-refractivity contribution in [3.8, 4) is 0 Å². The molecule has 1 aromatic rings. The molecule has 0 aromatic heterocycles. The van der Waals surface area contributed by atoms with E-state index in [-0.39, 0.29) is 17.2 Å². The van der Waals surface area contributed by atoms with Crippen molar-refractivity contribution in [3.05, 3.63) is 63.4 Å². The molecular formula is C21H36N2O3. The van der Waals surface area contributed by atoms with E-state index in [1.165, 1.54) is 12.5 Å². The zero-order chi connectivity index (χ0) is 21.1. The average Bonchev–Trinajstić information content (AvgIpc) is 2.65. The van der Waals surface area contributed by atoms with E-state index in [1.807, 2.05) is 34.6 Å². The quantitative estimate of drug-likeness (QED) is 0.372. The molecule has 1 N–H and O–H groups in total. The molecule has 1 amide bonds. The Morgan fingerprint density at radius 3 is 2.04 bits per heavy atom. The second-order valence-electron chi connectivity index (χ2n) is 4.66. The van der Waals surface area contributed by atoms with Crippen LogP contribution >= 0.6 is 0 Å². The fourth-order valence-corrected chi connectivity index (χ4v) is 1.54. The van der Waals surface area contributed by atoms with Gasteiger partial charge in [0.1, 0.15) is 0 Å². The van der Waals surface area contributed by atoms with Crippen LogP contribution < -0.4 is 5.32 Å². The molecule has 5 heteroatoms. The van der Waals surface area contributed by atoms with Gasteiger partial charge in [-0.05, 0) is 32.9 Å². The Balaban J connectivity index is -0.000000663. The molecule has 148 valence electrons. The van der Waals surface area contributed by atoms with Gasteiger partial charge >= 0.3 is 0 Å². The summed E-state index contributed by atoms with van der Waals surface area (Å²) in [7, 11) is 0. The van der Waals surface area contributed by atoms with Crippen LogP contribution in [0, 0.1) is 17.0 Å². The summed E-state index contributed by atoms with van der Waals surface area (Å²) in [6.45, 7) is 17.5. The van der Waals surface area contributed by atoms with Crippen molar-refractivity contribution in [1.29, 1.82) is 0 Å². The standard InChI is InChI=1S/C14H16N2O3.C3H8.2C2H6/c1-4-6-12(5-2)15-14(17)11-8-7-10(3)13(9-11)16(18)19;1-3-2;2*1-2/h4-9H,1-3H3,(H,15,17);3H2,1-2H3;2*1-2H3/b6-4-,12-5+;;;. The first-order valence-corrected chi connectivity index (χ1v) is 9.26. The summed E-state index contributed by atoms with van der Waals surface area (Å²) in [6.07, 6.45) is 6.55. The third kappa shape index (κ3) is 12.0. The van der Waals surface area contributed by atoms with Crippen LogP contribution in [-0.4, -0.2) is 10.8 Å². The molecule has 0 fully saturated rings. The summed E-state index contributed by atoms with van der Waals surface area (Å²) in [5.41, 5.74) is 1.39. The maximum Gasteiger partial charge on any atom is 0.273 e. The zero-order valence-corrected chi connectivity index (χ0v) is 17.8. The van der Waals surface area contributed by atoms with Crippen LogP contribution in [0.25, 0.3) is 0 Å². The molecule has 0 unspecified atom stereocenters. The van der Waals surface area contributed by atoms with E-state index >= 15 is 0 Å². The summed E-state index contributed by atoms with van der Waals surface area (Å²) < 4.78 is 0. The van der Waals surface area contributed by atoms with Crippen molar-refractivity contribution in [2.45, 2.75) is 68.7 Å². The van der Waals surface area contributed by atoms with Gasteiger partial charge in [-0.3, -0.25) is 14.9 Å². The van der Waals surface area contributed by atoms with E-state index in [0.29, 0.717) is 11.3 Å². The minimum Gasteiger partial charge on any atom is -0.322 e. The monoisotopic (exact) mass is 364 g/mol. The molecular weight excluding hydrogens is 328 g/mol. The lowest BCUT2D eigenvalue weighted by molar-refractivity contribution is -0.385. The lowest BCUT2D eigenvalue weighted by Crippen LogP contribution is -2.21. The van der Waals surface area contributed by atoms with E-state index in [2.05, 4.69) is 19.2 Å². The SMILES string of the molecule is C/C=C\C(=C/C)NC(=O)c1ccc(C)c([N+](=O)[O-])c1.CC.CC.CCC. The summed E-state index contributed by atoms with van der Waals surface area (Å²) in [4.78, 5) is 22.3. The molecule has 5 nitrogen and oxygen atoms in total. The molecule has 0 bridgehead atoms. The van der Waals surface area contributed by atoms with Crippen molar-refractivity contribution in [2.24, 2.45) is 0 Å². The van der Waals surface area contributed by atoms with Gasteiger partial charge in [0, 0.05) is 22.9 Å². The molecule has 0 saturated carbocycles. The molecule has 1 aromatic carbocycles. The fraction of sp³-hybridized carbons (Fsp3) is 0.476. The number of carbonyl (C=O) groups is 1. The summed E-state index contributed by atoms with van der Waals surface area (Å²) >= 11 is 0. The van der Waals surface area contributed by atoms with Crippen LogP contribution in [0.4, 0.5) is 5.69 Å². The first kappa shape index (κ1) is 28.4. The summed E-state index contributed by atoms with van der Waals surface area (Å²) in [5.74, 6) is -0.366. The van der Waals surface area contributed by atoms with Crippen LogP contribution in [0.15, 0.2) is 42.1 Å². The number of rotatable bonds is 4. The number of nitro groups is 1. The minimum absolute atomic E-state index is 0.0549. The molecule has 0 aliphatic heterocycles. The predicted octanol–water partition coefficient (Wildman–Crippen LogP) is 6.58. The van der Waals surface area contributed by atoms with Crippen LogP contribution in [0.1, 0.15) is 77.7 Å². The van der Waals surface area contributed by atoms with Gasteiger partial charge in [-0.2, -0.15) is 0 Å². The highest BCUT2D eigenvalue weighted by Gasteiger charge is 2.14. The van der Waals surface area contributed by atoms with Gasteiger partial charge in [-0.15, -0.1) is 0 Å². The highest BCUT2D eigenvalue weighted by atomic mass is 16.6. The number of benzene rings is 1. The minimum atomic E-state index is -0.491. The maximum absolute atomic E-state index is 12.0. The Kier molecular flexibility index (Phi) is 20.6. The molecule has 26 heavy (non-hydrogen) atoms. The number of amides is 1. The van der Waals surface area contributed by atoms with Gasteiger partial charge in [0.05, 0.1) is 4.92 Å². The first-order valence-electron chi connectivity index (χ1n) is 9.26. The number of hydrogen-bond acceptors (Lipinski definition) is 3. The lowest BCUT2D eigenvalue weighted by Gasteiger charge is -2.06. The van der Waals surface area contributed by atoms with E-state index in [1.54, 1.807) is 44.2 Å². The lowest BCUT2D eigenvalue weighted by atomic mass is 10.1. The van der Waals surface area contributed by atoms with Crippen LogP contribution in [-0.2, 0) is 0 Å². The zero-order valence-electron chi connectivity index (χ0n) is 17.8. The van der Waals surface area contributed by atoms with E-state index < -0.39 is 4.92 Å². The van der Waals surface area contributed by atoms with Crippen LogP contribution in [0.5, 0.6) is 0 Å². The normalized spacial score (nSPS) is 9.65. The summed E-state index contributed by atoms with van der Waals surface area (Å²) in [6, 6.07) is 4.42. The van der Waals surface area contributed by atoms with Crippen molar-refractivity contribution < 1.29 is 9.72 Å². The van der Waals surface area contributed by atoms with Gasteiger partial charge in [0.15, 0.2) is 0 Å². The predicted molar refractivity (Wildman–Crippen MR) is 113 cm³/mol. The van der Waals surface area contributed by atoms with Crippen molar-refractivity contribution in [2.75, 3.05) is 0 Å². The van der Waals surface area contributed by atoms with Crippen molar-refractivity contribution >= 4 is 11.6 Å². The van der Waals surface area contributed by atoms with Gasteiger partial charge in [-0.25, -0.2) is 0 Å². The van der Waals surface area contributed by atoms with E-state index in [9.17, 15) is 14.9 Å². The number of nitrogens with one attached hydrogen (secondary N) is 1. The molecule has 0 radical (unpaired) electrons. The third-order valence-electron chi connectivity index (χ3n) is 2.58. The number of allylic oxidation sites excluding steroid dienone is 3. The molecule has 0 saturated heterocycles. The number of aryl methyl sites for hydroxylation is 1. The highest BCUT2D eigenvalue weighted by Crippen LogP contribution is 2.19. The Hall–Kier alpha value is -2.43. The molecule has 0 heterocycles. The van der Waals surface area contributed by atoms with Gasteiger partial charge in [-0.1, -0.05) is 66.2 Å². The summed E-state index contributed by atoms with van der Waals surface area (Å²) in [5, 5.41) is 13.5. The third-order valence-corrected chi connectivity index (χ3v) is 2.58. The van der Waals surface area contributed by atoms with Crippen LogP contribution in [0.3, 0.4) is 0 Å². The van der Waals surface area contributed by atoms with Gasteiger partial charge < -0.3 is 5.32 Å². The molecule has 0 aliphatic carbocycles. The second kappa shape index (κ2) is 18.9. The Bertz CT molecular complexity index is 577. The Morgan fingerprint density at radius 1 is 1.15 bits per heavy atom. The van der Waals surface area contributed by atoms with Crippen molar-refractivity contribution in [1.82, 2.24) is 5.32 Å².